The van der Waals surface area contributed by atoms with Crippen LogP contribution in [0.3, 0.4) is 0 Å². The number of nitrogens with zero attached hydrogens (tertiary/aromatic N) is 3. The molecule has 3 heterocycles. The van der Waals surface area contributed by atoms with E-state index in [0.29, 0.717) is 12.8 Å². The molecule has 0 spiro atoms. The largest absolute Gasteiger partial charge is 0.323 e. The van der Waals surface area contributed by atoms with Gasteiger partial charge in [-0.05, 0) is 25.8 Å². The molecule has 108 valence electrons. The molecule has 3 rings (SSSR count). The fourth-order valence-corrected chi connectivity index (χ4v) is 4.39. The van der Waals surface area contributed by atoms with E-state index in [1.165, 1.54) is 0 Å². The summed E-state index contributed by atoms with van der Waals surface area (Å²) < 4.78 is 25.3. The van der Waals surface area contributed by atoms with Crippen LogP contribution in [0.1, 0.15) is 37.0 Å². The smallest absolute Gasteiger partial charge is 0.150 e. The van der Waals surface area contributed by atoms with E-state index in [1.807, 2.05) is 13.0 Å². The van der Waals surface area contributed by atoms with Crippen molar-refractivity contribution in [1.29, 1.82) is 0 Å². The van der Waals surface area contributed by atoms with Crippen LogP contribution in [0.15, 0.2) is 18.5 Å². The number of hydrogen-bond acceptors (Lipinski definition) is 4. The summed E-state index contributed by atoms with van der Waals surface area (Å²) in [6.45, 7) is 1.88. The first-order chi connectivity index (χ1) is 9.48. The van der Waals surface area contributed by atoms with Crippen molar-refractivity contribution in [1.82, 2.24) is 14.5 Å². The van der Waals surface area contributed by atoms with Crippen molar-refractivity contribution in [3.8, 4) is 0 Å². The predicted molar refractivity (Wildman–Crippen MR) is 78.7 cm³/mol. The number of alkyl halides is 1. The van der Waals surface area contributed by atoms with Gasteiger partial charge in [0.1, 0.15) is 21.2 Å². The van der Waals surface area contributed by atoms with Crippen LogP contribution in [0.25, 0.3) is 11.0 Å². The molecule has 1 unspecified atom stereocenters. The summed E-state index contributed by atoms with van der Waals surface area (Å²) in [6.07, 6.45) is 4.68. The Morgan fingerprint density at radius 3 is 2.75 bits per heavy atom. The van der Waals surface area contributed by atoms with Crippen LogP contribution >= 0.6 is 11.6 Å². The fourth-order valence-electron chi connectivity index (χ4n) is 2.77. The number of fused-ring (bicyclic) bond motifs is 1. The van der Waals surface area contributed by atoms with Gasteiger partial charge < -0.3 is 4.57 Å². The molecule has 2 aromatic rings. The number of aromatic nitrogens is 3. The fraction of sp³-hybridized carbons (Fsp3) is 0.538. The lowest BCUT2D eigenvalue weighted by Gasteiger charge is -2.26. The Bertz CT molecular complexity index is 725. The molecule has 5 nitrogen and oxygen atoms in total. The lowest BCUT2D eigenvalue weighted by molar-refractivity contribution is 0.446. The summed E-state index contributed by atoms with van der Waals surface area (Å²) >= 11 is 6.23. The summed E-state index contributed by atoms with van der Waals surface area (Å²) in [5, 5.41) is -0.221. The van der Waals surface area contributed by atoms with Crippen molar-refractivity contribution >= 4 is 32.5 Å². The van der Waals surface area contributed by atoms with Crippen LogP contribution in [0.5, 0.6) is 0 Å². The Hall–Kier alpha value is -1.14. The maximum Gasteiger partial charge on any atom is 0.150 e. The molecule has 0 radical (unpaired) electrons. The second-order valence-electron chi connectivity index (χ2n) is 5.20. The second kappa shape index (κ2) is 5.00. The van der Waals surface area contributed by atoms with E-state index in [1.54, 1.807) is 12.4 Å². The molecule has 1 aliphatic rings. The molecule has 0 amide bonds. The molecule has 0 saturated carbocycles. The number of imidazole rings is 1. The number of pyridine rings is 1. The van der Waals surface area contributed by atoms with Gasteiger partial charge in [-0.2, -0.15) is 0 Å². The normalized spacial score (nSPS) is 21.1. The lowest BCUT2D eigenvalue weighted by atomic mass is 10.1. The average molecular weight is 314 g/mol. The summed E-state index contributed by atoms with van der Waals surface area (Å²) in [6, 6.07) is 2.05. The zero-order valence-corrected chi connectivity index (χ0v) is 12.7. The minimum Gasteiger partial charge on any atom is -0.323 e. The van der Waals surface area contributed by atoms with Crippen molar-refractivity contribution in [2.45, 2.75) is 31.2 Å². The summed E-state index contributed by atoms with van der Waals surface area (Å²) in [4.78, 5) is 8.62. The lowest BCUT2D eigenvalue weighted by Crippen LogP contribution is -2.26. The Kier molecular flexibility index (Phi) is 3.46. The average Bonchev–Trinajstić information content (AvgIpc) is 2.78. The van der Waals surface area contributed by atoms with Gasteiger partial charge in [-0.3, -0.25) is 4.98 Å². The van der Waals surface area contributed by atoms with Crippen LogP contribution < -0.4 is 0 Å². The molecule has 1 atom stereocenters. The van der Waals surface area contributed by atoms with Crippen LogP contribution in [0.4, 0.5) is 0 Å². The molecule has 0 aliphatic carbocycles. The Balaban J connectivity index is 2.08. The number of sulfone groups is 1. The Labute approximate surface area is 122 Å². The first kappa shape index (κ1) is 13.8. The minimum atomic E-state index is -2.87. The number of halogens is 1. The maximum atomic E-state index is 11.6. The third kappa shape index (κ3) is 2.42. The molecule has 0 aromatic carbocycles. The van der Waals surface area contributed by atoms with Crippen molar-refractivity contribution in [2.24, 2.45) is 0 Å². The van der Waals surface area contributed by atoms with Gasteiger partial charge in [0.2, 0.25) is 0 Å². The Morgan fingerprint density at radius 2 is 2.10 bits per heavy atom. The monoisotopic (exact) mass is 313 g/mol. The molecule has 2 aromatic heterocycles. The summed E-state index contributed by atoms with van der Waals surface area (Å²) in [5.74, 6) is 1.26. The first-order valence-corrected chi connectivity index (χ1v) is 8.90. The quantitative estimate of drug-likeness (QED) is 0.799. The van der Waals surface area contributed by atoms with Gasteiger partial charge in [-0.1, -0.05) is 0 Å². The van der Waals surface area contributed by atoms with E-state index in [4.69, 9.17) is 11.6 Å². The van der Waals surface area contributed by atoms with E-state index in [9.17, 15) is 8.42 Å². The van der Waals surface area contributed by atoms with Crippen LogP contribution in [-0.2, 0) is 9.84 Å². The second-order valence-corrected chi connectivity index (χ2v) is 8.16. The van der Waals surface area contributed by atoms with E-state index in [0.717, 1.165) is 16.9 Å². The molecule has 20 heavy (non-hydrogen) atoms. The van der Waals surface area contributed by atoms with Gasteiger partial charge in [0.05, 0.1) is 28.6 Å². The third-order valence-corrected chi connectivity index (χ3v) is 5.67. The van der Waals surface area contributed by atoms with Gasteiger partial charge >= 0.3 is 0 Å². The van der Waals surface area contributed by atoms with E-state index in [-0.39, 0.29) is 22.9 Å². The number of rotatable bonds is 2. The van der Waals surface area contributed by atoms with Crippen LogP contribution in [0, 0.1) is 0 Å². The van der Waals surface area contributed by atoms with Crippen molar-refractivity contribution in [2.75, 3.05) is 11.5 Å². The maximum absolute atomic E-state index is 11.6. The van der Waals surface area contributed by atoms with Crippen molar-refractivity contribution < 1.29 is 8.42 Å². The molecule has 0 N–H and O–H groups in total. The highest BCUT2D eigenvalue weighted by Gasteiger charge is 2.28. The standard InChI is InChI=1S/C13H16ClN3O2S/c1-9(14)13-16-11-8-15-5-2-12(11)17(13)10-3-6-20(18,19)7-4-10/h2,5,8-10H,3-4,6-7H2,1H3. The van der Waals surface area contributed by atoms with E-state index in [2.05, 4.69) is 14.5 Å². The molecule has 0 bridgehead atoms. The Morgan fingerprint density at radius 1 is 1.40 bits per heavy atom. The van der Waals surface area contributed by atoms with Gasteiger partial charge in [0, 0.05) is 12.2 Å². The molecule has 1 aliphatic heterocycles. The topological polar surface area (TPSA) is 64.8 Å². The SMILES string of the molecule is CC(Cl)c1nc2cnccc2n1C1CCS(=O)(=O)CC1. The van der Waals surface area contributed by atoms with Gasteiger partial charge in [-0.25, -0.2) is 13.4 Å². The van der Waals surface area contributed by atoms with Crippen LogP contribution in [0.2, 0.25) is 0 Å². The summed E-state index contributed by atoms with van der Waals surface area (Å²) in [5.41, 5.74) is 1.79. The predicted octanol–water partition coefficient (Wildman–Crippen LogP) is 2.48. The minimum absolute atomic E-state index is 0.141. The highest BCUT2D eigenvalue weighted by Crippen LogP contribution is 2.33. The molecular formula is C13H16ClN3O2S. The third-order valence-electron chi connectivity index (χ3n) is 3.76. The van der Waals surface area contributed by atoms with Gasteiger partial charge in [0.15, 0.2) is 0 Å². The van der Waals surface area contributed by atoms with Crippen molar-refractivity contribution in [3.05, 3.63) is 24.3 Å². The van der Waals surface area contributed by atoms with E-state index < -0.39 is 9.84 Å². The number of hydrogen-bond donors (Lipinski definition) is 0. The summed E-state index contributed by atoms with van der Waals surface area (Å²) in [7, 11) is -2.87. The molecular weight excluding hydrogens is 298 g/mol. The molecule has 7 heteroatoms. The van der Waals surface area contributed by atoms with Crippen LogP contribution in [-0.4, -0.2) is 34.5 Å². The molecule has 1 fully saturated rings. The highest BCUT2D eigenvalue weighted by atomic mass is 35.5. The van der Waals surface area contributed by atoms with Gasteiger partial charge in [0.25, 0.3) is 0 Å². The zero-order chi connectivity index (χ0) is 14.3. The highest BCUT2D eigenvalue weighted by molar-refractivity contribution is 7.91. The first-order valence-electron chi connectivity index (χ1n) is 6.64. The van der Waals surface area contributed by atoms with Crippen molar-refractivity contribution in [3.63, 3.8) is 0 Å². The van der Waals surface area contributed by atoms with E-state index >= 15 is 0 Å². The van der Waals surface area contributed by atoms with Gasteiger partial charge in [-0.15, -0.1) is 11.6 Å². The molecule has 1 saturated heterocycles. The zero-order valence-electron chi connectivity index (χ0n) is 11.2.